The fraction of sp³-hybridized carbons (Fsp3) is 0.500. The van der Waals surface area contributed by atoms with Crippen molar-refractivity contribution in [3.05, 3.63) is 17.7 Å². The Bertz CT molecular complexity index is 600. The predicted molar refractivity (Wildman–Crippen MR) is 82.0 cm³/mol. The molecular formula is C16H21NO6. The van der Waals surface area contributed by atoms with Crippen molar-refractivity contribution in [2.24, 2.45) is 5.92 Å². The zero-order valence-electron chi connectivity index (χ0n) is 13.7. The summed E-state index contributed by atoms with van der Waals surface area (Å²) >= 11 is 0. The maximum Gasteiger partial charge on any atom is 0.319 e. The first-order valence-electron chi connectivity index (χ1n) is 7.31. The van der Waals surface area contributed by atoms with Crippen molar-refractivity contribution >= 4 is 11.9 Å². The Hall–Kier alpha value is -2.44. The van der Waals surface area contributed by atoms with Gasteiger partial charge in [0.05, 0.1) is 27.9 Å². The Kier molecular flexibility index (Phi) is 5.31. The molecule has 1 aliphatic rings. The molecule has 23 heavy (non-hydrogen) atoms. The van der Waals surface area contributed by atoms with Crippen LogP contribution in [0.2, 0.25) is 0 Å². The molecule has 0 spiro atoms. The Morgan fingerprint density at radius 3 is 2.30 bits per heavy atom. The molecule has 1 aliphatic heterocycles. The summed E-state index contributed by atoms with van der Waals surface area (Å²) in [6, 6.07) is 3.41. The molecule has 0 bridgehead atoms. The van der Waals surface area contributed by atoms with E-state index in [2.05, 4.69) is 5.32 Å². The fourth-order valence-electron chi connectivity index (χ4n) is 2.76. The Labute approximate surface area is 134 Å². The Morgan fingerprint density at radius 1 is 1.13 bits per heavy atom. The van der Waals surface area contributed by atoms with Gasteiger partial charge in [-0.05, 0) is 13.0 Å². The highest BCUT2D eigenvalue weighted by Crippen LogP contribution is 2.42. The molecule has 0 aliphatic carbocycles. The molecule has 7 heteroatoms. The summed E-state index contributed by atoms with van der Waals surface area (Å²) < 4.78 is 21.0. The summed E-state index contributed by atoms with van der Waals surface area (Å²) in [5.41, 5.74) is 0.696. The van der Waals surface area contributed by atoms with Crippen LogP contribution in [0.4, 0.5) is 0 Å². The minimum absolute atomic E-state index is 0.221. The van der Waals surface area contributed by atoms with Crippen molar-refractivity contribution < 1.29 is 28.5 Å². The van der Waals surface area contributed by atoms with Crippen LogP contribution < -0.4 is 19.5 Å². The molecule has 0 aromatic heterocycles. The third-order valence-electron chi connectivity index (χ3n) is 3.86. The highest BCUT2D eigenvalue weighted by molar-refractivity contribution is 6.00. The Balaban J connectivity index is 2.46. The van der Waals surface area contributed by atoms with E-state index in [9.17, 15) is 9.59 Å². The van der Waals surface area contributed by atoms with Crippen molar-refractivity contribution in [3.8, 4) is 17.2 Å². The number of nitrogens with one attached hydrogen (secondary N) is 1. The molecule has 2 atom stereocenters. The molecule has 126 valence electrons. The second kappa shape index (κ2) is 7.21. The summed E-state index contributed by atoms with van der Waals surface area (Å²) in [6.45, 7) is 2.25. The van der Waals surface area contributed by atoms with E-state index >= 15 is 0 Å². The number of carbonyl (C=O) groups excluding carboxylic acids is 2. The average Bonchev–Trinajstić information content (AvgIpc) is 2.95. The van der Waals surface area contributed by atoms with Crippen LogP contribution in [0.5, 0.6) is 17.2 Å². The zero-order chi connectivity index (χ0) is 17.0. The first-order valence-corrected chi connectivity index (χ1v) is 7.31. The number of ether oxygens (including phenoxy) is 4. The zero-order valence-corrected chi connectivity index (χ0v) is 13.7. The summed E-state index contributed by atoms with van der Waals surface area (Å²) in [4.78, 5) is 24.2. The number of hydrogen-bond donors (Lipinski definition) is 1. The van der Waals surface area contributed by atoms with Crippen molar-refractivity contribution in [2.75, 3.05) is 34.5 Å². The van der Waals surface area contributed by atoms with Crippen LogP contribution in [0, 0.1) is 5.92 Å². The first-order chi connectivity index (χ1) is 11.1. The first kappa shape index (κ1) is 16.9. The number of carbonyl (C=O) groups is 2. The van der Waals surface area contributed by atoms with Gasteiger partial charge in [0.1, 0.15) is 11.7 Å². The van der Waals surface area contributed by atoms with Gasteiger partial charge in [0.25, 0.3) is 0 Å². The van der Waals surface area contributed by atoms with Gasteiger partial charge in [0.2, 0.25) is 5.91 Å². The summed E-state index contributed by atoms with van der Waals surface area (Å²) in [5, 5.41) is 2.71. The van der Waals surface area contributed by atoms with E-state index in [1.807, 2.05) is 0 Å². The largest absolute Gasteiger partial charge is 0.496 e. The normalized spacial score (nSPS) is 19.9. The lowest BCUT2D eigenvalue weighted by Gasteiger charge is -2.20. The van der Waals surface area contributed by atoms with Crippen molar-refractivity contribution in [1.29, 1.82) is 0 Å². The van der Waals surface area contributed by atoms with Crippen molar-refractivity contribution in [3.63, 3.8) is 0 Å². The average molecular weight is 323 g/mol. The second-order valence-electron chi connectivity index (χ2n) is 5.03. The maximum atomic E-state index is 12.1. The molecule has 0 radical (unpaired) electrons. The number of methoxy groups -OCH3 is 3. The van der Waals surface area contributed by atoms with E-state index in [1.165, 1.54) is 21.3 Å². The number of benzene rings is 1. The highest BCUT2D eigenvalue weighted by atomic mass is 16.5. The van der Waals surface area contributed by atoms with Gasteiger partial charge in [-0.2, -0.15) is 0 Å². The molecule has 1 aromatic rings. The van der Waals surface area contributed by atoms with Gasteiger partial charge in [0, 0.05) is 24.1 Å². The lowest BCUT2D eigenvalue weighted by Crippen LogP contribution is -2.29. The van der Waals surface area contributed by atoms with E-state index < -0.39 is 17.8 Å². The second-order valence-corrected chi connectivity index (χ2v) is 5.03. The maximum absolute atomic E-state index is 12.1. The Morgan fingerprint density at radius 2 is 1.74 bits per heavy atom. The molecule has 1 fully saturated rings. The summed E-state index contributed by atoms with van der Waals surface area (Å²) in [6.07, 6.45) is 0. The molecule has 2 rings (SSSR count). The van der Waals surface area contributed by atoms with Crippen LogP contribution >= 0.6 is 0 Å². The fourth-order valence-corrected chi connectivity index (χ4v) is 2.76. The van der Waals surface area contributed by atoms with E-state index in [4.69, 9.17) is 18.9 Å². The van der Waals surface area contributed by atoms with E-state index in [1.54, 1.807) is 19.1 Å². The van der Waals surface area contributed by atoms with Crippen LogP contribution in [-0.2, 0) is 14.3 Å². The smallest absolute Gasteiger partial charge is 0.319 e. The van der Waals surface area contributed by atoms with Gasteiger partial charge in [-0.3, -0.25) is 9.59 Å². The number of hydrogen-bond acceptors (Lipinski definition) is 6. The summed E-state index contributed by atoms with van der Waals surface area (Å²) in [5.74, 6) is -0.630. The molecule has 1 heterocycles. The molecule has 2 unspecified atom stereocenters. The third-order valence-corrected chi connectivity index (χ3v) is 3.86. The monoisotopic (exact) mass is 323 g/mol. The van der Waals surface area contributed by atoms with Gasteiger partial charge in [-0.25, -0.2) is 0 Å². The van der Waals surface area contributed by atoms with Gasteiger partial charge in [0.15, 0.2) is 11.5 Å². The topological polar surface area (TPSA) is 83.1 Å². The van der Waals surface area contributed by atoms with Crippen LogP contribution in [0.3, 0.4) is 0 Å². The third kappa shape index (κ3) is 3.18. The SMILES string of the molecule is CCOC(=O)C1C(=O)NCC1c1cc(OC)c(OC)cc1OC. The molecule has 1 saturated heterocycles. The lowest BCUT2D eigenvalue weighted by atomic mass is 9.87. The van der Waals surface area contributed by atoms with Crippen molar-refractivity contribution in [2.45, 2.75) is 12.8 Å². The van der Waals surface area contributed by atoms with Crippen LogP contribution in [0.15, 0.2) is 12.1 Å². The van der Waals surface area contributed by atoms with Gasteiger partial charge in [-0.15, -0.1) is 0 Å². The minimum Gasteiger partial charge on any atom is -0.496 e. The molecule has 1 aromatic carbocycles. The molecule has 1 amide bonds. The van der Waals surface area contributed by atoms with Gasteiger partial charge >= 0.3 is 5.97 Å². The number of rotatable bonds is 6. The highest BCUT2D eigenvalue weighted by Gasteiger charge is 2.43. The molecule has 1 N–H and O–H groups in total. The van der Waals surface area contributed by atoms with Crippen molar-refractivity contribution in [1.82, 2.24) is 5.32 Å². The summed E-state index contributed by atoms with van der Waals surface area (Å²) in [7, 11) is 4.57. The standard InChI is InChI=1S/C16H21NO6/c1-5-23-16(19)14-10(8-17-15(14)18)9-6-12(21-3)13(22-4)7-11(9)20-2/h6-7,10,14H,5,8H2,1-4H3,(H,17,18). The van der Waals surface area contributed by atoms with E-state index in [0.717, 1.165) is 0 Å². The van der Waals surface area contributed by atoms with Gasteiger partial charge < -0.3 is 24.3 Å². The van der Waals surface area contributed by atoms with Gasteiger partial charge in [-0.1, -0.05) is 0 Å². The molecular weight excluding hydrogens is 302 g/mol. The van der Waals surface area contributed by atoms with Crippen LogP contribution in [0.1, 0.15) is 18.4 Å². The lowest BCUT2D eigenvalue weighted by molar-refractivity contribution is -0.151. The predicted octanol–water partition coefficient (Wildman–Crippen LogP) is 1.11. The van der Waals surface area contributed by atoms with E-state index in [-0.39, 0.29) is 12.5 Å². The molecule has 0 saturated carbocycles. The van der Waals surface area contributed by atoms with Crippen LogP contribution in [0.25, 0.3) is 0 Å². The minimum atomic E-state index is -0.901. The number of amides is 1. The van der Waals surface area contributed by atoms with E-state index in [0.29, 0.717) is 29.4 Å². The van der Waals surface area contributed by atoms with Crippen LogP contribution in [-0.4, -0.2) is 46.4 Å². The quantitative estimate of drug-likeness (QED) is 0.624. The number of esters is 1. The molecule has 7 nitrogen and oxygen atoms in total.